The second kappa shape index (κ2) is 8.15. The molecule has 164 valence electrons. The van der Waals surface area contributed by atoms with Crippen LogP contribution in [0.15, 0.2) is 65.7 Å². The molecule has 0 saturated carbocycles. The molecule has 1 fully saturated rings. The first-order chi connectivity index (χ1) is 15.5. The van der Waals surface area contributed by atoms with E-state index in [4.69, 9.17) is 0 Å². The Labute approximate surface area is 186 Å². The fourth-order valence-electron chi connectivity index (χ4n) is 4.73. The molecule has 0 N–H and O–H groups in total. The van der Waals surface area contributed by atoms with Crippen molar-refractivity contribution in [1.29, 1.82) is 0 Å². The Bertz CT molecular complexity index is 1360. The first-order valence-electron chi connectivity index (χ1n) is 11.1. The summed E-state index contributed by atoms with van der Waals surface area (Å²) in [5.41, 5.74) is 4.38. The van der Waals surface area contributed by atoms with E-state index in [1.807, 2.05) is 33.7 Å². The van der Waals surface area contributed by atoms with Crippen LogP contribution in [-0.4, -0.2) is 50.4 Å². The molecule has 4 aromatic rings. The van der Waals surface area contributed by atoms with Crippen molar-refractivity contribution in [2.24, 2.45) is 0 Å². The molecular formula is C25H27N5O2. The van der Waals surface area contributed by atoms with E-state index in [-0.39, 0.29) is 23.9 Å². The number of amides is 1. The summed E-state index contributed by atoms with van der Waals surface area (Å²) in [5.74, 6) is 0.0759. The number of fused-ring (bicyclic) bond motifs is 3. The number of hydrogen-bond acceptors (Lipinski definition) is 4. The van der Waals surface area contributed by atoms with Crippen molar-refractivity contribution in [3.05, 3.63) is 76.8 Å². The number of nitrogens with zero attached hydrogens (tertiary/aromatic N) is 5. The SMILES string of the molecule is Cc1cccc(N2CCN(C(=O)CCn3c(=O)c4cccn4c4cccnc43)C[C@H]2C)c1. The zero-order chi connectivity index (χ0) is 22.2. The van der Waals surface area contributed by atoms with Gasteiger partial charge in [-0.3, -0.25) is 14.2 Å². The van der Waals surface area contributed by atoms with E-state index in [1.54, 1.807) is 16.8 Å². The third-order valence-electron chi connectivity index (χ3n) is 6.36. The number of benzene rings is 1. The lowest BCUT2D eigenvalue weighted by molar-refractivity contribution is -0.132. The Hall–Kier alpha value is -3.61. The third kappa shape index (κ3) is 3.53. The summed E-state index contributed by atoms with van der Waals surface area (Å²) in [7, 11) is 0. The molecule has 0 spiro atoms. The number of rotatable bonds is 4. The van der Waals surface area contributed by atoms with Crippen LogP contribution in [-0.2, 0) is 11.3 Å². The van der Waals surface area contributed by atoms with Gasteiger partial charge < -0.3 is 14.2 Å². The smallest absolute Gasteiger partial charge is 0.276 e. The van der Waals surface area contributed by atoms with Gasteiger partial charge in [-0.15, -0.1) is 0 Å². The zero-order valence-electron chi connectivity index (χ0n) is 18.4. The van der Waals surface area contributed by atoms with Crippen LogP contribution >= 0.6 is 0 Å². The molecule has 4 heterocycles. The molecule has 1 aliphatic heterocycles. The van der Waals surface area contributed by atoms with Crippen LogP contribution in [0.4, 0.5) is 5.69 Å². The molecule has 7 heteroatoms. The quantitative estimate of drug-likeness (QED) is 0.500. The lowest BCUT2D eigenvalue weighted by Gasteiger charge is -2.41. The summed E-state index contributed by atoms with van der Waals surface area (Å²) >= 11 is 0. The van der Waals surface area contributed by atoms with Crippen LogP contribution in [0.2, 0.25) is 0 Å². The molecule has 5 rings (SSSR count). The summed E-state index contributed by atoms with van der Waals surface area (Å²) in [5, 5.41) is 0. The minimum Gasteiger partial charge on any atom is -0.365 e. The van der Waals surface area contributed by atoms with E-state index in [2.05, 4.69) is 48.0 Å². The van der Waals surface area contributed by atoms with Crippen LogP contribution in [0.3, 0.4) is 0 Å². The van der Waals surface area contributed by atoms with Crippen LogP contribution in [0.5, 0.6) is 0 Å². The number of pyridine rings is 1. The highest BCUT2D eigenvalue weighted by atomic mass is 16.2. The predicted molar refractivity (Wildman–Crippen MR) is 126 cm³/mol. The van der Waals surface area contributed by atoms with E-state index < -0.39 is 0 Å². The van der Waals surface area contributed by atoms with E-state index >= 15 is 0 Å². The van der Waals surface area contributed by atoms with Crippen molar-refractivity contribution in [3.63, 3.8) is 0 Å². The highest BCUT2D eigenvalue weighted by Crippen LogP contribution is 2.22. The van der Waals surface area contributed by atoms with Gasteiger partial charge in [0.25, 0.3) is 5.56 Å². The molecule has 0 bridgehead atoms. The van der Waals surface area contributed by atoms with Crippen molar-refractivity contribution < 1.29 is 4.79 Å². The normalized spacial score (nSPS) is 16.8. The minimum atomic E-state index is -0.119. The minimum absolute atomic E-state index is 0.0759. The van der Waals surface area contributed by atoms with Gasteiger partial charge >= 0.3 is 0 Å². The third-order valence-corrected chi connectivity index (χ3v) is 6.36. The van der Waals surface area contributed by atoms with Crippen molar-refractivity contribution in [2.45, 2.75) is 32.9 Å². The number of aryl methyl sites for hydroxylation is 2. The average molecular weight is 430 g/mol. The molecule has 0 unspecified atom stereocenters. The van der Waals surface area contributed by atoms with Gasteiger partial charge in [0.2, 0.25) is 5.91 Å². The molecule has 1 atom stereocenters. The molecular weight excluding hydrogens is 402 g/mol. The Morgan fingerprint density at radius 3 is 2.75 bits per heavy atom. The molecule has 1 amide bonds. The predicted octanol–water partition coefficient (Wildman–Crippen LogP) is 3.09. The van der Waals surface area contributed by atoms with Crippen molar-refractivity contribution in [1.82, 2.24) is 18.9 Å². The maximum atomic E-state index is 13.0. The first-order valence-corrected chi connectivity index (χ1v) is 11.1. The molecule has 1 saturated heterocycles. The maximum absolute atomic E-state index is 13.0. The first kappa shape index (κ1) is 20.3. The standard InChI is InChI=1S/C25H27N5O2/c1-18-6-3-7-20(16-18)28-15-14-27(17-19(28)2)23(31)10-13-30-24-21(8-4-11-26-24)29-12-5-9-22(29)25(30)32/h3-9,11-12,16,19H,10,13-15,17H2,1-2H3/t19-/m1/s1. The largest absolute Gasteiger partial charge is 0.365 e. The highest BCUT2D eigenvalue weighted by Gasteiger charge is 2.27. The Morgan fingerprint density at radius 1 is 1.09 bits per heavy atom. The van der Waals surface area contributed by atoms with E-state index in [0.717, 1.165) is 12.1 Å². The number of piperazine rings is 1. The van der Waals surface area contributed by atoms with Crippen molar-refractivity contribution in [3.8, 4) is 0 Å². The summed E-state index contributed by atoms with van der Waals surface area (Å²) in [6.45, 7) is 6.74. The van der Waals surface area contributed by atoms with Crippen LogP contribution in [0.25, 0.3) is 16.7 Å². The summed E-state index contributed by atoms with van der Waals surface area (Å²) < 4.78 is 3.49. The molecule has 7 nitrogen and oxygen atoms in total. The van der Waals surface area contributed by atoms with Gasteiger partial charge in [0, 0.05) is 56.7 Å². The lowest BCUT2D eigenvalue weighted by atomic mass is 10.1. The van der Waals surface area contributed by atoms with Crippen LogP contribution in [0, 0.1) is 6.92 Å². The van der Waals surface area contributed by atoms with Gasteiger partial charge in [0.1, 0.15) is 5.52 Å². The Balaban J connectivity index is 1.32. The highest BCUT2D eigenvalue weighted by molar-refractivity contribution is 5.78. The van der Waals surface area contributed by atoms with Crippen molar-refractivity contribution in [2.75, 3.05) is 24.5 Å². The van der Waals surface area contributed by atoms with Crippen LogP contribution < -0.4 is 10.5 Å². The topological polar surface area (TPSA) is 62.8 Å². The molecule has 32 heavy (non-hydrogen) atoms. The molecule has 1 aliphatic rings. The maximum Gasteiger partial charge on any atom is 0.276 e. The second-order valence-corrected chi connectivity index (χ2v) is 8.54. The van der Waals surface area contributed by atoms with Gasteiger partial charge in [0.05, 0.1) is 5.52 Å². The summed E-state index contributed by atoms with van der Waals surface area (Å²) in [4.78, 5) is 34.8. The van der Waals surface area contributed by atoms with Gasteiger partial charge in [0.15, 0.2) is 5.65 Å². The van der Waals surface area contributed by atoms with Crippen LogP contribution in [0.1, 0.15) is 18.9 Å². The Morgan fingerprint density at radius 2 is 1.94 bits per heavy atom. The van der Waals surface area contributed by atoms with Crippen molar-refractivity contribution >= 4 is 28.3 Å². The van der Waals surface area contributed by atoms with Gasteiger partial charge in [-0.05, 0) is 55.8 Å². The van der Waals surface area contributed by atoms with E-state index in [9.17, 15) is 9.59 Å². The van der Waals surface area contributed by atoms with E-state index in [0.29, 0.717) is 30.8 Å². The molecule has 1 aromatic carbocycles. The molecule has 3 aromatic heterocycles. The average Bonchev–Trinajstić information content (AvgIpc) is 3.29. The molecule has 0 radical (unpaired) electrons. The number of aromatic nitrogens is 3. The van der Waals surface area contributed by atoms with E-state index in [1.165, 1.54) is 11.3 Å². The number of hydrogen-bond donors (Lipinski definition) is 0. The Kier molecular flexibility index (Phi) is 5.17. The summed E-state index contributed by atoms with van der Waals surface area (Å²) in [6, 6.07) is 16.2. The van der Waals surface area contributed by atoms with Gasteiger partial charge in [-0.1, -0.05) is 12.1 Å². The zero-order valence-corrected chi connectivity index (χ0v) is 18.4. The fourth-order valence-corrected chi connectivity index (χ4v) is 4.73. The lowest BCUT2D eigenvalue weighted by Crippen LogP contribution is -2.54. The summed E-state index contributed by atoms with van der Waals surface area (Å²) in [6.07, 6.45) is 3.83. The number of carbonyl (C=O) groups is 1. The fraction of sp³-hybridized carbons (Fsp3) is 0.320. The number of anilines is 1. The monoisotopic (exact) mass is 429 g/mol. The van der Waals surface area contributed by atoms with Gasteiger partial charge in [-0.25, -0.2) is 4.98 Å². The number of carbonyl (C=O) groups excluding carboxylic acids is 1. The van der Waals surface area contributed by atoms with Gasteiger partial charge in [-0.2, -0.15) is 0 Å². The molecule has 0 aliphatic carbocycles. The second-order valence-electron chi connectivity index (χ2n) is 8.54.